The molecule has 3 rings (SSSR count). The Morgan fingerprint density at radius 2 is 1.89 bits per heavy atom. The molecule has 2 aromatic carbocycles. The Bertz CT molecular complexity index is 689. The number of nitrogens with zero attached hydrogens (tertiary/aromatic N) is 1. The van der Waals surface area contributed by atoms with Crippen LogP contribution in [0.1, 0.15) is 11.5 Å². The molecule has 1 aromatic heterocycles. The summed E-state index contributed by atoms with van der Waals surface area (Å²) in [5.74, 6) is 0.658. The van der Waals surface area contributed by atoms with Crippen LogP contribution in [0.15, 0.2) is 46.9 Å². The molecule has 0 unspecified atom stereocenters. The summed E-state index contributed by atoms with van der Waals surface area (Å²) >= 11 is 5.84. The first-order valence-electron chi connectivity index (χ1n) is 5.61. The molecule has 0 aliphatic rings. The number of hydrogen-bond donors (Lipinski definition) is 1. The summed E-state index contributed by atoms with van der Waals surface area (Å²) in [6.45, 7) is 0. The summed E-state index contributed by atoms with van der Waals surface area (Å²) < 4.78 is 5.66. The highest BCUT2D eigenvalue weighted by molar-refractivity contribution is 6.30. The number of rotatable bonds is 2. The summed E-state index contributed by atoms with van der Waals surface area (Å²) in [4.78, 5) is 4.41. The number of para-hydroxylation sites is 1. The molecule has 4 heteroatoms. The van der Waals surface area contributed by atoms with E-state index in [2.05, 4.69) is 4.98 Å². The van der Waals surface area contributed by atoms with Crippen LogP contribution in [0.25, 0.3) is 11.1 Å². The van der Waals surface area contributed by atoms with Gasteiger partial charge in [-0.2, -0.15) is 0 Å². The standard InChI is InChI=1S/C14H11ClN2O/c15-10-6-4-9(5-7-10)8-13-17-12-3-1-2-11(16)14(12)18-13/h1-7H,8,16H2. The first-order valence-corrected chi connectivity index (χ1v) is 5.98. The third kappa shape index (κ3) is 2.05. The topological polar surface area (TPSA) is 52.0 Å². The van der Waals surface area contributed by atoms with Crippen molar-refractivity contribution in [2.45, 2.75) is 6.42 Å². The first-order chi connectivity index (χ1) is 8.72. The molecule has 0 aliphatic carbocycles. The SMILES string of the molecule is Nc1cccc2nc(Cc3ccc(Cl)cc3)oc12. The minimum atomic E-state index is 0.613. The van der Waals surface area contributed by atoms with Crippen molar-refractivity contribution >= 4 is 28.4 Å². The fourth-order valence-electron chi connectivity index (χ4n) is 1.87. The van der Waals surface area contributed by atoms with Gasteiger partial charge in [0.05, 0.1) is 5.69 Å². The van der Waals surface area contributed by atoms with Crippen molar-refractivity contribution in [3.63, 3.8) is 0 Å². The molecule has 3 nitrogen and oxygen atoms in total. The summed E-state index contributed by atoms with van der Waals surface area (Å²) in [5.41, 5.74) is 8.99. The van der Waals surface area contributed by atoms with Gasteiger partial charge >= 0.3 is 0 Å². The molecular weight excluding hydrogens is 248 g/mol. The minimum Gasteiger partial charge on any atom is -0.438 e. The molecule has 0 bridgehead atoms. The van der Waals surface area contributed by atoms with Crippen LogP contribution >= 0.6 is 11.6 Å². The summed E-state index contributed by atoms with van der Waals surface area (Å²) in [6.07, 6.45) is 0.630. The Morgan fingerprint density at radius 3 is 2.61 bits per heavy atom. The Morgan fingerprint density at radius 1 is 1.11 bits per heavy atom. The van der Waals surface area contributed by atoms with E-state index in [0.29, 0.717) is 23.6 Å². The summed E-state index contributed by atoms with van der Waals surface area (Å²) in [5, 5.41) is 0.723. The maximum atomic E-state index is 5.84. The lowest BCUT2D eigenvalue weighted by molar-refractivity contribution is 0.545. The van der Waals surface area contributed by atoms with Crippen LogP contribution in [0.3, 0.4) is 0 Å². The number of nitrogen functional groups attached to an aromatic ring is 1. The number of benzene rings is 2. The number of fused-ring (bicyclic) bond motifs is 1. The second kappa shape index (κ2) is 4.35. The number of hydrogen-bond acceptors (Lipinski definition) is 3. The van der Waals surface area contributed by atoms with Gasteiger partial charge in [-0.15, -0.1) is 0 Å². The Labute approximate surface area is 109 Å². The molecule has 0 saturated carbocycles. The average molecular weight is 259 g/mol. The molecule has 18 heavy (non-hydrogen) atoms. The number of nitrogens with two attached hydrogens (primary N) is 1. The molecule has 0 aliphatic heterocycles. The highest BCUT2D eigenvalue weighted by atomic mass is 35.5. The molecule has 0 spiro atoms. The maximum absolute atomic E-state index is 5.84. The number of aromatic nitrogens is 1. The summed E-state index contributed by atoms with van der Waals surface area (Å²) in [6, 6.07) is 13.2. The quantitative estimate of drug-likeness (QED) is 0.714. The molecule has 3 aromatic rings. The first kappa shape index (κ1) is 11.1. The Kier molecular flexibility index (Phi) is 2.68. The van der Waals surface area contributed by atoms with E-state index in [1.807, 2.05) is 36.4 Å². The van der Waals surface area contributed by atoms with Gasteiger partial charge in [-0.25, -0.2) is 4.98 Å². The Balaban J connectivity index is 1.95. The van der Waals surface area contributed by atoms with Crippen molar-refractivity contribution < 1.29 is 4.42 Å². The van der Waals surface area contributed by atoms with Crippen LogP contribution in [-0.4, -0.2) is 4.98 Å². The van der Waals surface area contributed by atoms with Crippen molar-refractivity contribution in [3.8, 4) is 0 Å². The Hall–Kier alpha value is -2.00. The van der Waals surface area contributed by atoms with Gasteiger partial charge in [0.15, 0.2) is 11.5 Å². The van der Waals surface area contributed by atoms with Gasteiger partial charge in [-0.3, -0.25) is 0 Å². The van der Waals surface area contributed by atoms with Crippen LogP contribution in [0.5, 0.6) is 0 Å². The number of oxazole rings is 1. The normalized spacial score (nSPS) is 10.9. The van der Waals surface area contributed by atoms with Gasteiger partial charge in [0, 0.05) is 11.4 Å². The van der Waals surface area contributed by atoms with E-state index in [9.17, 15) is 0 Å². The molecule has 0 saturated heterocycles. The molecular formula is C14H11ClN2O. The van der Waals surface area contributed by atoms with Crippen molar-refractivity contribution in [1.29, 1.82) is 0 Å². The molecule has 0 atom stereocenters. The van der Waals surface area contributed by atoms with Crippen molar-refractivity contribution in [3.05, 3.63) is 58.9 Å². The van der Waals surface area contributed by atoms with Gasteiger partial charge in [0.25, 0.3) is 0 Å². The van der Waals surface area contributed by atoms with E-state index in [4.69, 9.17) is 21.8 Å². The maximum Gasteiger partial charge on any atom is 0.200 e. The highest BCUT2D eigenvalue weighted by Gasteiger charge is 2.08. The molecule has 2 N–H and O–H groups in total. The van der Waals surface area contributed by atoms with Crippen molar-refractivity contribution in [2.24, 2.45) is 0 Å². The zero-order valence-corrected chi connectivity index (χ0v) is 10.3. The lowest BCUT2D eigenvalue weighted by atomic mass is 10.1. The molecule has 90 valence electrons. The van der Waals surface area contributed by atoms with Gasteiger partial charge in [0.1, 0.15) is 5.52 Å². The zero-order valence-electron chi connectivity index (χ0n) is 9.56. The third-order valence-electron chi connectivity index (χ3n) is 2.76. The summed E-state index contributed by atoms with van der Waals surface area (Å²) in [7, 11) is 0. The van der Waals surface area contributed by atoms with Gasteiger partial charge in [-0.1, -0.05) is 29.8 Å². The van der Waals surface area contributed by atoms with Crippen molar-refractivity contribution in [1.82, 2.24) is 4.98 Å². The van der Waals surface area contributed by atoms with Crippen LogP contribution in [0, 0.1) is 0 Å². The predicted octanol–water partition coefficient (Wildman–Crippen LogP) is 3.65. The van der Waals surface area contributed by atoms with Gasteiger partial charge in [0.2, 0.25) is 0 Å². The molecule has 0 amide bonds. The van der Waals surface area contributed by atoms with Crippen LogP contribution in [0.2, 0.25) is 5.02 Å². The second-order valence-electron chi connectivity index (χ2n) is 4.11. The lowest BCUT2D eigenvalue weighted by Gasteiger charge is -1.97. The van der Waals surface area contributed by atoms with Crippen LogP contribution in [0.4, 0.5) is 5.69 Å². The van der Waals surface area contributed by atoms with E-state index in [1.165, 1.54) is 0 Å². The van der Waals surface area contributed by atoms with Gasteiger partial charge in [-0.05, 0) is 29.8 Å². The van der Waals surface area contributed by atoms with E-state index in [0.717, 1.165) is 16.1 Å². The largest absolute Gasteiger partial charge is 0.438 e. The number of halogens is 1. The lowest BCUT2D eigenvalue weighted by Crippen LogP contribution is -1.87. The van der Waals surface area contributed by atoms with Crippen molar-refractivity contribution in [2.75, 3.05) is 5.73 Å². The fraction of sp³-hybridized carbons (Fsp3) is 0.0714. The second-order valence-corrected chi connectivity index (χ2v) is 4.54. The zero-order chi connectivity index (χ0) is 12.5. The highest BCUT2D eigenvalue weighted by Crippen LogP contribution is 2.23. The predicted molar refractivity (Wildman–Crippen MR) is 72.7 cm³/mol. The average Bonchev–Trinajstić information content (AvgIpc) is 2.76. The minimum absolute atomic E-state index is 0.613. The van der Waals surface area contributed by atoms with Crippen LogP contribution < -0.4 is 5.73 Å². The van der Waals surface area contributed by atoms with E-state index in [1.54, 1.807) is 6.07 Å². The molecule has 0 fully saturated rings. The monoisotopic (exact) mass is 258 g/mol. The van der Waals surface area contributed by atoms with Gasteiger partial charge < -0.3 is 10.2 Å². The molecule has 0 radical (unpaired) electrons. The van der Waals surface area contributed by atoms with E-state index in [-0.39, 0.29) is 0 Å². The van der Waals surface area contributed by atoms with E-state index < -0.39 is 0 Å². The third-order valence-corrected chi connectivity index (χ3v) is 3.01. The molecule has 1 heterocycles. The smallest absolute Gasteiger partial charge is 0.200 e. The van der Waals surface area contributed by atoms with Crippen LogP contribution in [-0.2, 0) is 6.42 Å². The number of anilines is 1. The fourth-order valence-corrected chi connectivity index (χ4v) is 1.99. The van der Waals surface area contributed by atoms with E-state index >= 15 is 0 Å².